The van der Waals surface area contributed by atoms with Crippen LogP contribution in [0.25, 0.3) is 0 Å². The van der Waals surface area contributed by atoms with Gasteiger partial charge in [0.25, 0.3) is 0 Å². The Bertz CT molecular complexity index is 1870. The van der Waals surface area contributed by atoms with E-state index < -0.39 is 97.5 Å². The maximum absolute atomic E-state index is 13.1. The third-order valence-electron chi connectivity index (χ3n) is 18.2. The molecule has 0 bridgehead atoms. The normalized spacial score (nSPS) is 14.3. The van der Waals surface area contributed by atoms with Crippen LogP contribution in [0.1, 0.15) is 395 Å². The molecule has 96 heavy (non-hydrogen) atoms. The predicted molar refractivity (Wildman–Crippen MR) is 391 cm³/mol. The smallest absolute Gasteiger partial charge is 0.462 e. The number of phosphoric acid groups is 2. The molecule has 0 aromatic heterocycles. The third kappa shape index (κ3) is 69.2. The molecule has 0 aliphatic heterocycles. The lowest BCUT2D eigenvalue weighted by Crippen LogP contribution is -2.30. The second-order valence-corrected chi connectivity index (χ2v) is 31.8. The van der Waals surface area contributed by atoms with Crippen LogP contribution in [0.4, 0.5) is 0 Å². The second-order valence-electron chi connectivity index (χ2n) is 28.9. The topological polar surface area (TPSA) is 237 Å². The van der Waals surface area contributed by atoms with Gasteiger partial charge in [-0.15, -0.1) is 0 Å². The highest BCUT2D eigenvalue weighted by Crippen LogP contribution is 2.45. The number of phosphoric ester groups is 2. The van der Waals surface area contributed by atoms with Crippen LogP contribution >= 0.6 is 15.6 Å². The monoisotopic (exact) mass is 1410 g/mol. The Balaban J connectivity index is 5.23. The van der Waals surface area contributed by atoms with E-state index in [4.69, 9.17) is 37.0 Å². The minimum atomic E-state index is -4.96. The minimum Gasteiger partial charge on any atom is -0.462 e. The van der Waals surface area contributed by atoms with Crippen molar-refractivity contribution in [3.05, 3.63) is 0 Å². The van der Waals surface area contributed by atoms with Crippen LogP contribution in [0.15, 0.2) is 0 Å². The van der Waals surface area contributed by atoms with Gasteiger partial charge in [-0.3, -0.25) is 37.3 Å². The molecule has 0 radical (unpaired) electrons. The van der Waals surface area contributed by atoms with Crippen molar-refractivity contribution in [3.63, 3.8) is 0 Å². The average molecular weight is 1410 g/mol. The van der Waals surface area contributed by atoms with Gasteiger partial charge in [0.15, 0.2) is 12.2 Å². The second kappa shape index (κ2) is 67.5. The highest BCUT2D eigenvalue weighted by Gasteiger charge is 2.30. The van der Waals surface area contributed by atoms with Crippen LogP contribution < -0.4 is 0 Å². The first kappa shape index (κ1) is 94.1. The molecule has 17 nitrogen and oxygen atoms in total. The summed E-state index contributed by atoms with van der Waals surface area (Å²) in [6.45, 7) is 11.9. The van der Waals surface area contributed by atoms with Crippen molar-refractivity contribution in [2.75, 3.05) is 39.6 Å². The lowest BCUT2D eigenvalue weighted by Gasteiger charge is -2.21. The quantitative estimate of drug-likeness (QED) is 0.0222. The van der Waals surface area contributed by atoms with Crippen molar-refractivity contribution < 1.29 is 80.2 Å². The van der Waals surface area contributed by atoms with E-state index in [1.54, 1.807) is 0 Å². The summed E-state index contributed by atoms with van der Waals surface area (Å²) in [6.07, 6.45) is 54.1. The zero-order chi connectivity index (χ0) is 70.9. The molecule has 0 saturated heterocycles. The van der Waals surface area contributed by atoms with Gasteiger partial charge in [-0.2, -0.15) is 0 Å². The van der Waals surface area contributed by atoms with Crippen LogP contribution in [-0.2, 0) is 65.4 Å². The molecular weight excluding hydrogens is 1260 g/mol. The molecule has 0 heterocycles. The lowest BCUT2D eigenvalue weighted by atomic mass is 9.99. The van der Waals surface area contributed by atoms with Crippen molar-refractivity contribution in [3.8, 4) is 0 Å². The predicted octanol–water partition coefficient (Wildman–Crippen LogP) is 22.6. The van der Waals surface area contributed by atoms with Crippen LogP contribution in [0.5, 0.6) is 0 Å². The molecule has 19 heteroatoms. The molecule has 0 aliphatic rings. The first-order chi connectivity index (χ1) is 46.3. The van der Waals surface area contributed by atoms with Gasteiger partial charge in [-0.1, -0.05) is 344 Å². The molecule has 0 aromatic carbocycles. The van der Waals surface area contributed by atoms with E-state index in [1.165, 1.54) is 199 Å². The van der Waals surface area contributed by atoms with Gasteiger partial charge in [0.2, 0.25) is 0 Å². The third-order valence-corrected chi connectivity index (χ3v) is 20.1. The number of carbonyl (C=O) groups is 4. The fraction of sp³-hybridized carbons (Fsp3) is 0.948. The van der Waals surface area contributed by atoms with Crippen molar-refractivity contribution in [1.82, 2.24) is 0 Å². The molecule has 0 saturated carbocycles. The summed E-state index contributed by atoms with van der Waals surface area (Å²) in [7, 11) is -9.91. The van der Waals surface area contributed by atoms with Crippen molar-refractivity contribution in [2.24, 2.45) is 17.8 Å². The average Bonchev–Trinajstić information content (AvgIpc) is 1.81. The van der Waals surface area contributed by atoms with Gasteiger partial charge >= 0.3 is 39.5 Å². The van der Waals surface area contributed by atoms with E-state index in [0.29, 0.717) is 31.6 Å². The molecule has 0 spiro atoms. The largest absolute Gasteiger partial charge is 0.472 e. The van der Waals surface area contributed by atoms with E-state index in [0.717, 1.165) is 108 Å². The Morgan fingerprint density at radius 1 is 0.302 bits per heavy atom. The summed E-state index contributed by atoms with van der Waals surface area (Å²) >= 11 is 0. The van der Waals surface area contributed by atoms with Gasteiger partial charge in [-0.25, -0.2) is 9.13 Å². The number of hydrogen-bond acceptors (Lipinski definition) is 15. The molecule has 0 aromatic rings. The van der Waals surface area contributed by atoms with Gasteiger partial charge in [0.05, 0.1) is 26.4 Å². The summed E-state index contributed by atoms with van der Waals surface area (Å²) in [6, 6.07) is 0. The molecule has 0 aliphatic carbocycles. The first-order valence-corrected chi connectivity index (χ1v) is 42.9. The van der Waals surface area contributed by atoms with Gasteiger partial charge in [0.1, 0.15) is 19.3 Å². The van der Waals surface area contributed by atoms with Crippen LogP contribution in [0, 0.1) is 17.8 Å². The highest BCUT2D eigenvalue weighted by atomic mass is 31.2. The molecule has 0 amide bonds. The van der Waals surface area contributed by atoms with Gasteiger partial charge in [0, 0.05) is 25.7 Å². The Labute approximate surface area is 588 Å². The summed E-state index contributed by atoms with van der Waals surface area (Å²) in [5.74, 6) is 0.207. The number of unbranched alkanes of at least 4 members (excludes halogenated alkanes) is 42. The Morgan fingerprint density at radius 2 is 0.531 bits per heavy atom. The van der Waals surface area contributed by atoms with Gasteiger partial charge < -0.3 is 33.8 Å². The molecule has 0 rings (SSSR count). The number of aliphatic hydroxyl groups is 1. The van der Waals surface area contributed by atoms with Gasteiger partial charge in [-0.05, 0) is 43.4 Å². The zero-order valence-corrected chi connectivity index (χ0v) is 64.6. The van der Waals surface area contributed by atoms with E-state index >= 15 is 0 Å². The fourth-order valence-electron chi connectivity index (χ4n) is 11.7. The molecule has 3 unspecified atom stereocenters. The standard InChI is InChI=1S/C77H150O17P2/c1-8-10-11-12-13-14-15-26-32-37-46-53-60-76(81)94-73(65-88-75(80)59-52-45-40-39-42-49-56-69(5)6)67-92-96(85,86)90-63-71(78)62-89-95(83,84)91-66-72(64-87-74(79)58-51-44-36-31-27-22-18-16-20-24-29-34-41-48-55-68(3)4)93-77(82)61-54-47-38-33-28-23-19-17-21-25-30-35-43-50-57-70(7)9-2/h68-73,78H,8-67H2,1-7H3,(H,83,84)(H,85,86)/t70?,71-,72-,73-/m1/s1. The summed E-state index contributed by atoms with van der Waals surface area (Å²) in [5, 5.41) is 10.6. The lowest BCUT2D eigenvalue weighted by molar-refractivity contribution is -0.161. The number of aliphatic hydroxyl groups excluding tert-OH is 1. The molecule has 6 atom stereocenters. The minimum absolute atomic E-state index is 0.106. The number of hydrogen-bond donors (Lipinski definition) is 3. The van der Waals surface area contributed by atoms with E-state index in [1.807, 2.05) is 0 Å². The van der Waals surface area contributed by atoms with E-state index in [2.05, 4.69) is 48.5 Å². The maximum atomic E-state index is 13.1. The molecule has 570 valence electrons. The SMILES string of the molecule is CCCCCCCCCCCCCCC(=O)O[C@H](COC(=O)CCCCCCCCC(C)C)COP(=O)(O)OC[C@H](O)COP(=O)(O)OC[C@@H](COC(=O)CCCCCCCCCCCCCCCCC(C)C)OC(=O)CCCCCCCCCCCCCCCCC(C)CC. The summed E-state index contributed by atoms with van der Waals surface area (Å²) in [4.78, 5) is 72.8. The number of rotatable bonds is 75. The number of esters is 4. The summed E-state index contributed by atoms with van der Waals surface area (Å²) < 4.78 is 68.5. The maximum Gasteiger partial charge on any atom is 0.472 e. The first-order valence-electron chi connectivity index (χ1n) is 39.9. The molecule has 3 N–H and O–H groups in total. The molecule has 0 fully saturated rings. The Morgan fingerprint density at radius 3 is 0.792 bits per heavy atom. The number of carbonyl (C=O) groups excluding carboxylic acids is 4. The van der Waals surface area contributed by atoms with Crippen molar-refractivity contribution in [1.29, 1.82) is 0 Å². The highest BCUT2D eigenvalue weighted by molar-refractivity contribution is 7.47. The summed E-state index contributed by atoms with van der Waals surface area (Å²) in [5.41, 5.74) is 0. The zero-order valence-electron chi connectivity index (χ0n) is 62.8. The molecular formula is C77H150O17P2. The van der Waals surface area contributed by atoms with E-state index in [9.17, 15) is 43.2 Å². The number of ether oxygens (including phenoxy) is 4. The van der Waals surface area contributed by atoms with Crippen molar-refractivity contribution >= 4 is 39.5 Å². The van der Waals surface area contributed by atoms with E-state index in [-0.39, 0.29) is 25.7 Å². The van der Waals surface area contributed by atoms with Crippen molar-refractivity contribution in [2.45, 2.75) is 414 Å². The fourth-order valence-corrected chi connectivity index (χ4v) is 13.3. The van der Waals surface area contributed by atoms with Crippen LogP contribution in [-0.4, -0.2) is 96.7 Å². The van der Waals surface area contributed by atoms with Crippen LogP contribution in [0.3, 0.4) is 0 Å². The Kier molecular flexibility index (Phi) is 66.2. The van der Waals surface area contributed by atoms with Crippen LogP contribution in [0.2, 0.25) is 0 Å². The Hall–Kier alpha value is -1.94.